The van der Waals surface area contributed by atoms with Crippen molar-refractivity contribution in [2.24, 2.45) is 0 Å². The summed E-state index contributed by atoms with van der Waals surface area (Å²) in [6.07, 6.45) is 0. The van der Waals surface area contributed by atoms with Crippen LogP contribution in [0.2, 0.25) is 5.02 Å². The molecule has 3 nitrogen and oxygen atoms in total. The Labute approximate surface area is 140 Å². The van der Waals surface area contributed by atoms with Crippen molar-refractivity contribution < 1.29 is 13.6 Å². The number of fused-ring (bicyclic) bond motifs is 1. The number of hydrogen-bond acceptors (Lipinski definition) is 3. The van der Waals surface area contributed by atoms with Gasteiger partial charge in [-0.15, -0.1) is 11.3 Å². The van der Waals surface area contributed by atoms with E-state index in [1.165, 1.54) is 16.2 Å². The van der Waals surface area contributed by atoms with Gasteiger partial charge < -0.3 is 4.90 Å². The second kappa shape index (κ2) is 6.22. The van der Waals surface area contributed by atoms with E-state index in [4.69, 9.17) is 11.6 Å². The SMILES string of the molecule is CN(Cc1nc2ccccc2s1)C(=O)c1cc(F)c(F)cc1Cl. The van der Waals surface area contributed by atoms with Crippen molar-refractivity contribution >= 4 is 39.1 Å². The van der Waals surface area contributed by atoms with Crippen LogP contribution in [0, 0.1) is 11.6 Å². The number of amides is 1. The van der Waals surface area contributed by atoms with Gasteiger partial charge >= 0.3 is 0 Å². The Morgan fingerprint density at radius 2 is 1.96 bits per heavy atom. The maximum absolute atomic E-state index is 13.3. The van der Waals surface area contributed by atoms with Crippen LogP contribution in [0.3, 0.4) is 0 Å². The maximum Gasteiger partial charge on any atom is 0.255 e. The minimum Gasteiger partial charge on any atom is -0.335 e. The van der Waals surface area contributed by atoms with Gasteiger partial charge in [-0.1, -0.05) is 23.7 Å². The largest absolute Gasteiger partial charge is 0.335 e. The Morgan fingerprint density at radius 3 is 2.70 bits per heavy atom. The molecule has 0 aliphatic heterocycles. The van der Waals surface area contributed by atoms with Gasteiger partial charge in [0.15, 0.2) is 11.6 Å². The van der Waals surface area contributed by atoms with E-state index in [1.807, 2.05) is 24.3 Å². The van der Waals surface area contributed by atoms with Gasteiger partial charge in [-0.25, -0.2) is 13.8 Å². The zero-order valence-electron chi connectivity index (χ0n) is 12.0. The van der Waals surface area contributed by atoms with E-state index in [1.54, 1.807) is 7.05 Å². The Balaban J connectivity index is 1.83. The van der Waals surface area contributed by atoms with Gasteiger partial charge in [0.2, 0.25) is 0 Å². The van der Waals surface area contributed by atoms with Crippen molar-refractivity contribution in [1.29, 1.82) is 0 Å². The van der Waals surface area contributed by atoms with Crippen LogP contribution >= 0.6 is 22.9 Å². The van der Waals surface area contributed by atoms with E-state index >= 15 is 0 Å². The lowest BCUT2D eigenvalue weighted by Gasteiger charge is -2.16. The summed E-state index contributed by atoms with van der Waals surface area (Å²) in [7, 11) is 1.56. The molecule has 0 aliphatic carbocycles. The summed E-state index contributed by atoms with van der Waals surface area (Å²) >= 11 is 7.32. The molecule has 0 fully saturated rings. The van der Waals surface area contributed by atoms with Crippen molar-refractivity contribution in [2.75, 3.05) is 7.05 Å². The van der Waals surface area contributed by atoms with E-state index in [0.717, 1.165) is 27.4 Å². The standard InChI is InChI=1S/C16H11ClF2N2OS/c1-21(8-15-20-13-4-2-3-5-14(13)23-15)16(22)9-6-11(18)12(19)7-10(9)17/h2-7H,8H2,1H3. The third-order valence-electron chi connectivity index (χ3n) is 3.30. The van der Waals surface area contributed by atoms with Crippen LogP contribution in [-0.4, -0.2) is 22.8 Å². The number of nitrogens with zero attached hydrogens (tertiary/aromatic N) is 2. The molecule has 1 aromatic heterocycles. The second-order valence-electron chi connectivity index (χ2n) is 4.98. The molecule has 0 radical (unpaired) electrons. The summed E-state index contributed by atoms with van der Waals surface area (Å²) in [5, 5.41) is 0.630. The smallest absolute Gasteiger partial charge is 0.255 e. The number of rotatable bonds is 3. The highest BCUT2D eigenvalue weighted by Crippen LogP contribution is 2.25. The molecule has 0 spiro atoms. The summed E-state index contributed by atoms with van der Waals surface area (Å²) < 4.78 is 27.5. The van der Waals surface area contributed by atoms with Gasteiger partial charge in [0.1, 0.15) is 5.01 Å². The molecule has 118 valence electrons. The van der Waals surface area contributed by atoms with E-state index in [2.05, 4.69) is 4.98 Å². The van der Waals surface area contributed by atoms with Crippen molar-refractivity contribution in [3.63, 3.8) is 0 Å². The number of carbonyl (C=O) groups excluding carboxylic acids is 1. The number of aromatic nitrogens is 1. The third kappa shape index (κ3) is 3.18. The normalized spacial score (nSPS) is 11.0. The average molecular weight is 353 g/mol. The zero-order chi connectivity index (χ0) is 16.6. The summed E-state index contributed by atoms with van der Waals surface area (Å²) in [5.41, 5.74) is 0.786. The Morgan fingerprint density at radius 1 is 1.26 bits per heavy atom. The lowest BCUT2D eigenvalue weighted by molar-refractivity contribution is 0.0784. The summed E-state index contributed by atoms with van der Waals surface area (Å²) in [5.74, 6) is -2.68. The van der Waals surface area contributed by atoms with Gasteiger partial charge in [-0.3, -0.25) is 4.79 Å². The first-order valence-electron chi connectivity index (χ1n) is 6.70. The van der Waals surface area contributed by atoms with Gasteiger partial charge in [-0.05, 0) is 24.3 Å². The van der Waals surface area contributed by atoms with Crippen LogP contribution in [0.1, 0.15) is 15.4 Å². The molecule has 23 heavy (non-hydrogen) atoms. The minimum atomic E-state index is -1.11. The molecule has 7 heteroatoms. The zero-order valence-corrected chi connectivity index (χ0v) is 13.6. The molecule has 0 N–H and O–H groups in total. The first kappa shape index (κ1) is 15.8. The predicted molar refractivity (Wildman–Crippen MR) is 86.8 cm³/mol. The summed E-state index contributed by atoms with van der Waals surface area (Å²) in [6.45, 7) is 0.257. The van der Waals surface area contributed by atoms with Gasteiger partial charge in [0, 0.05) is 7.05 Å². The van der Waals surface area contributed by atoms with Crippen LogP contribution in [-0.2, 0) is 6.54 Å². The fourth-order valence-electron chi connectivity index (χ4n) is 2.15. The molecule has 0 atom stereocenters. The van der Waals surface area contributed by atoms with Crippen LogP contribution in [0.15, 0.2) is 36.4 Å². The average Bonchev–Trinajstić information content (AvgIpc) is 2.92. The molecule has 0 bridgehead atoms. The molecule has 0 unspecified atom stereocenters. The second-order valence-corrected chi connectivity index (χ2v) is 6.51. The molecule has 2 aromatic carbocycles. The van der Waals surface area contributed by atoms with Gasteiger partial charge in [-0.2, -0.15) is 0 Å². The lowest BCUT2D eigenvalue weighted by Crippen LogP contribution is -2.26. The lowest BCUT2D eigenvalue weighted by atomic mass is 10.2. The van der Waals surface area contributed by atoms with Crippen LogP contribution in [0.5, 0.6) is 0 Å². The Kier molecular flexibility index (Phi) is 4.28. The quantitative estimate of drug-likeness (QED) is 0.650. The third-order valence-corrected chi connectivity index (χ3v) is 4.63. The van der Waals surface area contributed by atoms with Crippen LogP contribution in [0.4, 0.5) is 8.78 Å². The van der Waals surface area contributed by atoms with E-state index in [9.17, 15) is 13.6 Å². The first-order valence-corrected chi connectivity index (χ1v) is 7.89. The molecule has 3 rings (SSSR count). The molecule has 0 aliphatic rings. The summed E-state index contributed by atoms with van der Waals surface area (Å²) in [4.78, 5) is 18.2. The number of para-hydroxylation sites is 1. The fraction of sp³-hybridized carbons (Fsp3) is 0.125. The monoisotopic (exact) mass is 352 g/mol. The molecule has 0 saturated carbocycles. The first-order chi connectivity index (χ1) is 11.0. The number of carbonyl (C=O) groups is 1. The molecular weight excluding hydrogens is 342 g/mol. The maximum atomic E-state index is 13.3. The molecule has 1 heterocycles. The molecule has 3 aromatic rings. The van der Waals surface area contributed by atoms with Crippen LogP contribution in [0.25, 0.3) is 10.2 Å². The topological polar surface area (TPSA) is 33.2 Å². The number of halogens is 3. The summed E-state index contributed by atoms with van der Waals surface area (Å²) in [6, 6.07) is 9.26. The van der Waals surface area contributed by atoms with Gasteiger partial charge in [0.25, 0.3) is 5.91 Å². The highest BCUT2D eigenvalue weighted by Gasteiger charge is 2.19. The van der Waals surface area contributed by atoms with E-state index in [-0.39, 0.29) is 17.1 Å². The Bertz CT molecular complexity index is 864. The molecule has 0 saturated heterocycles. The minimum absolute atomic E-state index is 0.0748. The van der Waals surface area contributed by atoms with Gasteiger partial charge in [0.05, 0.1) is 27.3 Å². The highest BCUT2D eigenvalue weighted by molar-refractivity contribution is 7.18. The fourth-order valence-corrected chi connectivity index (χ4v) is 3.41. The predicted octanol–water partition coefficient (Wildman–Crippen LogP) is 4.50. The van der Waals surface area contributed by atoms with Crippen molar-refractivity contribution in [2.45, 2.75) is 6.54 Å². The van der Waals surface area contributed by atoms with Crippen molar-refractivity contribution in [3.05, 3.63) is 63.6 Å². The van der Waals surface area contributed by atoms with E-state index < -0.39 is 17.5 Å². The van der Waals surface area contributed by atoms with Crippen molar-refractivity contribution in [1.82, 2.24) is 9.88 Å². The molecule has 1 amide bonds. The number of hydrogen-bond donors (Lipinski definition) is 0. The molecular formula is C16H11ClF2N2OS. The number of benzene rings is 2. The van der Waals surface area contributed by atoms with E-state index in [0.29, 0.717) is 0 Å². The highest BCUT2D eigenvalue weighted by atomic mass is 35.5. The Hall–Kier alpha value is -2.05. The number of thiazole rings is 1. The van der Waals surface area contributed by atoms with Crippen LogP contribution < -0.4 is 0 Å². The van der Waals surface area contributed by atoms with Crippen molar-refractivity contribution in [3.8, 4) is 0 Å².